The van der Waals surface area contributed by atoms with E-state index in [1.165, 1.54) is 46.3 Å². The lowest BCUT2D eigenvalue weighted by Crippen LogP contribution is -2.45. The number of carbonyl (C=O) groups is 1. The number of aliphatic carboxylic acids is 1. The minimum Gasteiger partial charge on any atom is -0.481 e. The molecule has 0 bridgehead atoms. The molecule has 2 aliphatic heterocycles. The van der Waals surface area contributed by atoms with Crippen molar-refractivity contribution in [3.05, 3.63) is 63.2 Å². The number of rotatable bonds is 6. The molecule has 3 aliphatic rings. The Morgan fingerprint density at radius 2 is 1.66 bits per heavy atom. The van der Waals surface area contributed by atoms with Gasteiger partial charge in [-0.3, -0.25) is 9.69 Å². The first-order chi connectivity index (χ1) is 15.4. The lowest BCUT2D eigenvalue weighted by Gasteiger charge is -2.42. The van der Waals surface area contributed by atoms with E-state index >= 15 is 0 Å². The molecular weight excluding hydrogens is 420 g/mol. The topological polar surface area (TPSA) is 43.8 Å². The molecule has 5 rings (SSSR count). The van der Waals surface area contributed by atoms with Gasteiger partial charge in [0.2, 0.25) is 0 Å². The van der Waals surface area contributed by atoms with Crippen molar-refractivity contribution in [3.63, 3.8) is 0 Å². The Labute approximate surface area is 196 Å². The maximum Gasteiger partial charge on any atom is 0.306 e. The highest BCUT2D eigenvalue weighted by Gasteiger charge is 2.31. The molecule has 2 saturated heterocycles. The maximum absolute atomic E-state index is 11.2. The molecule has 0 radical (unpaired) electrons. The van der Waals surface area contributed by atoms with Gasteiger partial charge in [-0.15, -0.1) is 0 Å². The molecule has 1 N–H and O–H groups in total. The zero-order valence-corrected chi connectivity index (χ0v) is 19.9. The van der Waals surface area contributed by atoms with Gasteiger partial charge in [-0.05, 0) is 98.5 Å². The number of anilines is 1. The van der Waals surface area contributed by atoms with Gasteiger partial charge in [0.05, 0.1) is 5.92 Å². The lowest BCUT2D eigenvalue weighted by molar-refractivity contribution is -0.143. The van der Waals surface area contributed by atoms with E-state index in [0.29, 0.717) is 11.8 Å². The number of hydrogen-bond acceptors (Lipinski definition) is 3. The van der Waals surface area contributed by atoms with Crippen LogP contribution in [0.1, 0.15) is 65.3 Å². The molecule has 3 fully saturated rings. The van der Waals surface area contributed by atoms with Crippen molar-refractivity contribution in [3.8, 4) is 0 Å². The number of carboxylic acids is 1. The van der Waals surface area contributed by atoms with Crippen molar-refractivity contribution in [2.45, 2.75) is 57.9 Å². The normalized spacial score (nSPS) is 20.4. The third-order valence-corrected chi connectivity index (χ3v) is 8.08. The third-order valence-electron chi connectivity index (χ3n) is 7.76. The first-order valence-electron chi connectivity index (χ1n) is 12.0. The number of nitrogens with zero attached hydrogens (tertiary/aromatic N) is 2. The number of benzene rings is 2. The first kappa shape index (κ1) is 21.8. The molecule has 4 nitrogen and oxygen atoms in total. The number of likely N-dealkylation sites (tertiary alicyclic amines) is 1. The quantitative estimate of drug-likeness (QED) is 0.607. The van der Waals surface area contributed by atoms with Gasteiger partial charge in [0.25, 0.3) is 0 Å². The zero-order valence-electron chi connectivity index (χ0n) is 19.1. The monoisotopic (exact) mass is 452 g/mol. The van der Waals surface area contributed by atoms with Gasteiger partial charge in [-0.1, -0.05) is 29.8 Å². The largest absolute Gasteiger partial charge is 0.481 e. The Morgan fingerprint density at radius 1 is 1.00 bits per heavy atom. The van der Waals surface area contributed by atoms with Crippen molar-refractivity contribution in [2.75, 3.05) is 31.1 Å². The van der Waals surface area contributed by atoms with Gasteiger partial charge in [0, 0.05) is 36.3 Å². The van der Waals surface area contributed by atoms with Crippen molar-refractivity contribution >= 4 is 23.3 Å². The van der Waals surface area contributed by atoms with E-state index in [4.69, 9.17) is 11.6 Å². The molecule has 0 unspecified atom stereocenters. The van der Waals surface area contributed by atoms with Crippen LogP contribution in [0.4, 0.5) is 5.69 Å². The predicted molar refractivity (Wildman–Crippen MR) is 130 cm³/mol. The summed E-state index contributed by atoms with van der Waals surface area (Å²) in [5.74, 6) is 0.442. The Morgan fingerprint density at radius 3 is 2.22 bits per heavy atom. The summed E-state index contributed by atoms with van der Waals surface area (Å²) >= 11 is 6.55. The van der Waals surface area contributed by atoms with E-state index < -0.39 is 5.97 Å². The van der Waals surface area contributed by atoms with Crippen LogP contribution in [0.2, 0.25) is 5.02 Å². The van der Waals surface area contributed by atoms with Gasteiger partial charge in [-0.25, -0.2) is 0 Å². The first-order valence-corrected chi connectivity index (χ1v) is 12.4. The van der Waals surface area contributed by atoms with Crippen LogP contribution in [0.3, 0.4) is 0 Å². The Balaban J connectivity index is 1.21. The number of carboxylic acid groups (broad SMARTS) is 1. The average molecular weight is 453 g/mol. The highest BCUT2D eigenvalue weighted by Crippen LogP contribution is 2.44. The van der Waals surface area contributed by atoms with Crippen LogP contribution in [0, 0.1) is 19.8 Å². The molecule has 1 aliphatic carbocycles. The molecule has 170 valence electrons. The number of aryl methyl sites for hydroxylation is 2. The fourth-order valence-corrected chi connectivity index (χ4v) is 5.74. The lowest BCUT2D eigenvalue weighted by atomic mass is 9.86. The summed E-state index contributed by atoms with van der Waals surface area (Å²) in [7, 11) is 0. The molecule has 2 aromatic rings. The molecule has 1 saturated carbocycles. The van der Waals surface area contributed by atoms with Crippen LogP contribution in [0.15, 0.2) is 30.3 Å². The Kier molecular flexibility index (Phi) is 5.94. The van der Waals surface area contributed by atoms with Crippen LogP contribution >= 0.6 is 11.6 Å². The fraction of sp³-hybridized carbons (Fsp3) is 0.519. The van der Waals surface area contributed by atoms with Gasteiger partial charge < -0.3 is 10.0 Å². The van der Waals surface area contributed by atoms with Crippen molar-refractivity contribution < 1.29 is 9.90 Å². The summed E-state index contributed by atoms with van der Waals surface area (Å²) in [6.07, 6.45) is 4.07. The summed E-state index contributed by atoms with van der Waals surface area (Å²) in [5, 5.41) is 10.2. The number of halogens is 1. The zero-order chi connectivity index (χ0) is 22.4. The van der Waals surface area contributed by atoms with Crippen molar-refractivity contribution in [1.82, 2.24) is 4.90 Å². The van der Waals surface area contributed by atoms with E-state index in [1.807, 2.05) is 0 Å². The molecule has 5 heteroatoms. The molecule has 2 heterocycles. The van der Waals surface area contributed by atoms with Crippen LogP contribution in [-0.2, 0) is 11.3 Å². The van der Waals surface area contributed by atoms with Crippen LogP contribution < -0.4 is 4.90 Å². The van der Waals surface area contributed by atoms with E-state index in [1.54, 1.807) is 0 Å². The van der Waals surface area contributed by atoms with E-state index in [-0.39, 0.29) is 5.92 Å². The maximum atomic E-state index is 11.2. The number of hydrogen-bond donors (Lipinski definition) is 1. The van der Waals surface area contributed by atoms with Crippen LogP contribution in [0.5, 0.6) is 0 Å². The van der Waals surface area contributed by atoms with Gasteiger partial charge in [0.15, 0.2) is 0 Å². The van der Waals surface area contributed by atoms with E-state index in [0.717, 1.165) is 50.6 Å². The summed E-state index contributed by atoms with van der Waals surface area (Å²) < 4.78 is 0. The minimum atomic E-state index is -0.642. The molecule has 2 aromatic carbocycles. The highest BCUT2D eigenvalue weighted by molar-refractivity contribution is 6.31. The highest BCUT2D eigenvalue weighted by atomic mass is 35.5. The number of piperidine rings is 1. The average Bonchev–Trinajstić information content (AvgIpc) is 3.55. The SMILES string of the molecule is Cc1cc(C2CN(c3ccc(C4CC4)c(Cl)c3)C2)cc(C)c1CN1CCC(C(=O)O)CC1. The second-order valence-electron chi connectivity index (χ2n) is 10.1. The second kappa shape index (κ2) is 8.72. The molecule has 0 aromatic heterocycles. The predicted octanol–water partition coefficient (Wildman–Crippen LogP) is 5.73. The Hall–Kier alpha value is -2.04. The fourth-order valence-electron chi connectivity index (χ4n) is 5.41. The van der Waals surface area contributed by atoms with Crippen LogP contribution in [0.25, 0.3) is 0 Å². The van der Waals surface area contributed by atoms with Gasteiger partial charge >= 0.3 is 5.97 Å². The van der Waals surface area contributed by atoms with Crippen LogP contribution in [-0.4, -0.2) is 42.2 Å². The summed E-state index contributed by atoms with van der Waals surface area (Å²) in [6, 6.07) is 11.4. The minimum absolute atomic E-state index is 0.169. The van der Waals surface area contributed by atoms with Gasteiger partial charge in [0.1, 0.15) is 0 Å². The smallest absolute Gasteiger partial charge is 0.306 e. The molecular formula is C27H33ClN2O2. The molecule has 32 heavy (non-hydrogen) atoms. The molecule has 0 spiro atoms. The summed E-state index contributed by atoms with van der Waals surface area (Å²) in [5.41, 5.74) is 8.12. The summed E-state index contributed by atoms with van der Waals surface area (Å²) in [6.45, 7) is 9.20. The second-order valence-corrected chi connectivity index (χ2v) is 10.5. The molecule has 0 atom stereocenters. The standard InChI is InChI=1S/C27H33ClN2O2/c1-17-11-21(12-18(2)25(17)16-29-9-7-20(8-10-29)27(31)32)22-14-30(15-22)23-5-6-24(19-3-4-19)26(28)13-23/h5-6,11-13,19-20,22H,3-4,7-10,14-16H2,1-2H3,(H,31,32). The van der Waals surface area contributed by atoms with Gasteiger partial charge in [-0.2, -0.15) is 0 Å². The third kappa shape index (κ3) is 4.40. The van der Waals surface area contributed by atoms with Crippen molar-refractivity contribution in [1.29, 1.82) is 0 Å². The summed E-state index contributed by atoms with van der Waals surface area (Å²) in [4.78, 5) is 16.0. The Bertz CT molecular complexity index is 995. The van der Waals surface area contributed by atoms with E-state index in [2.05, 4.69) is 54.0 Å². The van der Waals surface area contributed by atoms with E-state index in [9.17, 15) is 9.90 Å². The van der Waals surface area contributed by atoms with Crippen molar-refractivity contribution in [2.24, 2.45) is 5.92 Å². The molecule has 0 amide bonds.